The molecule has 43 heavy (non-hydrogen) atoms. The minimum absolute atomic E-state index is 0.0418. The van der Waals surface area contributed by atoms with Crippen molar-refractivity contribution in [2.75, 3.05) is 13.2 Å². The second-order valence-electron chi connectivity index (χ2n) is 9.00. The van der Waals surface area contributed by atoms with Gasteiger partial charge in [-0.25, -0.2) is 0 Å². The van der Waals surface area contributed by atoms with E-state index in [1.807, 2.05) is 0 Å². The van der Waals surface area contributed by atoms with Crippen LogP contribution in [0.25, 0.3) is 22.3 Å². The highest BCUT2D eigenvalue weighted by Gasteiger charge is 2.42. The van der Waals surface area contributed by atoms with E-state index in [0.717, 1.165) is 24.3 Å². The molecule has 4 rings (SSSR count). The van der Waals surface area contributed by atoms with Crippen molar-refractivity contribution in [2.24, 2.45) is 0 Å². The van der Waals surface area contributed by atoms with E-state index in [9.17, 15) is 35.9 Å². The average Bonchev–Trinajstić information content (AvgIpc) is 2.96. The molecule has 0 saturated carbocycles. The third-order valence-corrected chi connectivity index (χ3v) is 7.47. The second kappa shape index (κ2) is 12.9. The number of aldehydes is 2. The standard InChI is InChI=1S/C32H24F6O4S/c1-3-41-23-11-7-5-9-21(23)27-19(17-39)13-15-25(29(27)31(33,34)35)43-26-16-14-20(18-40)28(30(26)32(36,37)38)22-10-6-8-12-24(22)42-4-2/h5-18H,3-4H2,1-2H3. The maximum Gasteiger partial charge on any atom is 0.418 e. The largest absolute Gasteiger partial charge is 0.493 e. The molecule has 4 nitrogen and oxygen atoms in total. The Morgan fingerprint density at radius 2 is 0.977 bits per heavy atom. The maximum atomic E-state index is 14.8. The highest BCUT2D eigenvalue weighted by Crippen LogP contribution is 2.52. The van der Waals surface area contributed by atoms with E-state index in [2.05, 4.69) is 0 Å². The number of ether oxygens (including phenoxy) is 2. The third-order valence-electron chi connectivity index (χ3n) is 6.35. The molecule has 0 aliphatic heterocycles. The van der Waals surface area contributed by atoms with Gasteiger partial charge in [0, 0.05) is 43.2 Å². The van der Waals surface area contributed by atoms with Gasteiger partial charge in [-0.1, -0.05) is 48.2 Å². The van der Waals surface area contributed by atoms with Gasteiger partial charge in [-0.15, -0.1) is 0 Å². The van der Waals surface area contributed by atoms with Crippen LogP contribution in [0.4, 0.5) is 26.3 Å². The summed E-state index contributed by atoms with van der Waals surface area (Å²) < 4.78 is 99.9. The van der Waals surface area contributed by atoms with Crippen molar-refractivity contribution in [3.63, 3.8) is 0 Å². The normalized spacial score (nSPS) is 11.7. The molecule has 0 bridgehead atoms. The first-order chi connectivity index (χ1) is 20.5. The molecule has 0 amide bonds. The molecule has 0 atom stereocenters. The summed E-state index contributed by atoms with van der Waals surface area (Å²) in [7, 11) is 0. The zero-order chi connectivity index (χ0) is 31.4. The van der Waals surface area contributed by atoms with E-state index in [1.165, 1.54) is 36.4 Å². The van der Waals surface area contributed by atoms with Gasteiger partial charge < -0.3 is 9.47 Å². The van der Waals surface area contributed by atoms with Gasteiger partial charge in [0.25, 0.3) is 0 Å². The van der Waals surface area contributed by atoms with Gasteiger partial charge >= 0.3 is 12.4 Å². The number of hydrogen-bond donors (Lipinski definition) is 0. The van der Waals surface area contributed by atoms with Crippen LogP contribution in [0.5, 0.6) is 11.5 Å². The fraction of sp³-hybridized carbons (Fsp3) is 0.188. The summed E-state index contributed by atoms with van der Waals surface area (Å²) in [4.78, 5) is 22.8. The molecule has 0 saturated heterocycles. The SMILES string of the molecule is CCOc1ccccc1-c1c(C=O)ccc(Sc2ccc(C=O)c(-c3ccccc3OCC)c2C(F)(F)F)c1C(F)(F)F. The number of carbonyl (C=O) groups is 2. The number of halogens is 6. The molecule has 0 spiro atoms. The van der Waals surface area contributed by atoms with Crippen molar-refractivity contribution in [3.05, 3.63) is 95.1 Å². The van der Waals surface area contributed by atoms with Crippen molar-refractivity contribution in [1.82, 2.24) is 0 Å². The van der Waals surface area contributed by atoms with Crippen LogP contribution >= 0.6 is 11.8 Å². The van der Waals surface area contributed by atoms with Crippen molar-refractivity contribution in [2.45, 2.75) is 36.0 Å². The van der Waals surface area contributed by atoms with Crippen LogP contribution in [-0.4, -0.2) is 25.8 Å². The van der Waals surface area contributed by atoms with Crippen LogP contribution in [0.2, 0.25) is 0 Å². The highest BCUT2D eigenvalue weighted by molar-refractivity contribution is 7.99. The average molecular weight is 619 g/mol. The monoisotopic (exact) mass is 618 g/mol. The van der Waals surface area contributed by atoms with Gasteiger partial charge in [-0.3, -0.25) is 9.59 Å². The summed E-state index contributed by atoms with van der Waals surface area (Å²) in [5.41, 5.74) is -4.34. The smallest absolute Gasteiger partial charge is 0.418 e. The zero-order valence-corrected chi connectivity index (χ0v) is 23.6. The fourth-order valence-corrected chi connectivity index (χ4v) is 5.89. The lowest BCUT2D eigenvalue weighted by Gasteiger charge is -2.23. The Bertz CT molecular complexity index is 1530. The van der Waals surface area contributed by atoms with Crippen LogP contribution < -0.4 is 9.47 Å². The lowest BCUT2D eigenvalue weighted by Crippen LogP contribution is -2.13. The number of rotatable bonds is 10. The predicted octanol–water partition coefficient (Wildman–Crippen LogP) is 9.63. The Balaban J connectivity index is 2.05. The Morgan fingerprint density at radius 3 is 1.30 bits per heavy atom. The lowest BCUT2D eigenvalue weighted by molar-refractivity contribution is -0.139. The second-order valence-corrected chi connectivity index (χ2v) is 10.1. The van der Waals surface area contributed by atoms with Crippen molar-refractivity contribution in [3.8, 4) is 33.8 Å². The van der Waals surface area contributed by atoms with E-state index in [4.69, 9.17) is 9.47 Å². The van der Waals surface area contributed by atoms with E-state index in [1.54, 1.807) is 26.0 Å². The van der Waals surface area contributed by atoms with E-state index < -0.39 is 44.4 Å². The maximum absolute atomic E-state index is 14.8. The topological polar surface area (TPSA) is 52.6 Å². The van der Waals surface area contributed by atoms with Gasteiger partial charge in [0.1, 0.15) is 11.5 Å². The first-order valence-corrected chi connectivity index (χ1v) is 13.8. The summed E-state index contributed by atoms with van der Waals surface area (Å²) in [6.07, 6.45) is -9.65. The number of alkyl halides is 6. The molecule has 224 valence electrons. The molecule has 0 fully saturated rings. The summed E-state index contributed by atoms with van der Waals surface area (Å²) in [6, 6.07) is 15.8. The Kier molecular flexibility index (Phi) is 9.54. The van der Waals surface area contributed by atoms with Gasteiger partial charge in [0.05, 0.1) is 24.3 Å². The molecule has 0 N–H and O–H groups in total. The molecule has 0 radical (unpaired) electrons. The molecule has 4 aromatic carbocycles. The number of hydrogen-bond acceptors (Lipinski definition) is 5. The fourth-order valence-electron chi connectivity index (χ4n) is 4.74. The molecule has 0 unspecified atom stereocenters. The highest BCUT2D eigenvalue weighted by atomic mass is 32.2. The molecule has 0 aliphatic rings. The van der Waals surface area contributed by atoms with Gasteiger partial charge in [0.2, 0.25) is 0 Å². The molecule has 11 heteroatoms. The Labute approximate surface area is 247 Å². The first-order valence-electron chi connectivity index (χ1n) is 13.0. The summed E-state index contributed by atoms with van der Waals surface area (Å²) >= 11 is 0.236. The van der Waals surface area contributed by atoms with E-state index in [-0.39, 0.29) is 71.3 Å². The van der Waals surface area contributed by atoms with Crippen molar-refractivity contribution in [1.29, 1.82) is 0 Å². The summed E-state index contributed by atoms with van der Waals surface area (Å²) in [5.74, 6) is 0.142. The van der Waals surface area contributed by atoms with Crippen LogP contribution in [0.1, 0.15) is 45.7 Å². The number of para-hydroxylation sites is 2. The Hall–Kier alpha value is -4.25. The quantitative estimate of drug-likeness (QED) is 0.131. The van der Waals surface area contributed by atoms with E-state index in [0.29, 0.717) is 0 Å². The van der Waals surface area contributed by atoms with Gasteiger partial charge in [0.15, 0.2) is 12.6 Å². The first kappa shape index (κ1) is 31.7. The van der Waals surface area contributed by atoms with Gasteiger partial charge in [-0.2, -0.15) is 26.3 Å². The Morgan fingerprint density at radius 1 is 0.605 bits per heavy atom. The molecule has 4 aromatic rings. The molecular weight excluding hydrogens is 594 g/mol. The number of benzene rings is 4. The summed E-state index contributed by atoms with van der Waals surface area (Å²) in [5, 5.41) is 0. The third kappa shape index (κ3) is 6.56. The van der Waals surface area contributed by atoms with Crippen molar-refractivity contribution >= 4 is 24.3 Å². The lowest BCUT2D eigenvalue weighted by atomic mass is 9.93. The van der Waals surface area contributed by atoms with Gasteiger partial charge in [-0.05, 0) is 50.2 Å². The number of carbonyl (C=O) groups excluding carboxylic acids is 2. The minimum Gasteiger partial charge on any atom is -0.493 e. The van der Waals surface area contributed by atoms with Crippen LogP contribution in [0.15, 0.2) is 82.6 Å². The molecule has 0 heterocycles. The minimum atomic E-state index is -5.08. The van der Waals surface area contributed by atoms with E-state index >= 15 is 0 Å². The summed E-state index contributed by atoms with van der Waals surface area (Å²) in [6.45, 7) is 3.51. The molecular formula is C32H24F6O4S. The predicted molar refractivity (Wildman–Crippen MR) is 151 cm³/mol. The van der Waals surface area contributed by atoms with Crippen LogP contribution in [0.3, 0.4) is 0 Å². The van der Waals surface area contributed by atoms with Crippen molar-refractivity contribution < 1.29 is 45.4 Å². The molecule has 0 aromatic heterocycles. The van der Waals surface area contributed by atoms with Crippen LogP contribution in [-0.2, 0) is 12.4 Å². The molecule has 0 aliphatic carbocycles. The zero-order valence-electron chi connectivity index (χ0n) is 22.8. The van der Waals surface area contributed by atoms with Crippen LogP contribution in [0, 0.1) is 0 Å².